The van der Waals surface area contributed by atoms with E-state index in [0.29, 0.717) is 17.5 Å². The fraction of sp³-hybridized carbons (Fsp3) is 0.156. The summed E-state index contributed by atoms with van der Waals surface area (Å²) in [4.78, 5) is 21.0. The first-order chi connectivity index (χ1) is 24.2. The molecule has 0 saturated heterocycles. The topological polar surface area (TPSA) is 56.5 Å². The summed E-state index contributed by atoms with van der Waals surface area (Å²) in [7, 11) is 0. The van der Waals surface area contributed by atoms with Gasteiger partial charge in [0.05, 0.1) is 16.6 Å². The van der Waals surface area contributed by atoms with Gasteiger partial charge in [-0.1, -0.05) is 132 Å². The summed E-state index contributed by atoms with van der Waals surface area (Å²) in [5.74, 6) is 2.63. The third-order valence-corrected chi connectivity index (χ3v) is 10.3. The molecular formula is C45H37N5. The summed E-state index contributed by atoms with van der Waals surface area (Å²) in [6.07, 6.45) is 1.97. The van der Waals surface area contributed by atoms with Crippen LogP contribution in [0.5, 0.6) is 0 Å². The minimum atomic E-state index is -0.361. The highest BCUT2D eigenvalue weighted by Gasteiger charge is 2.30. The first-order valence-electron chi connectivity index (χ1n) is 17.2. The fourth-order valence-corrected chi connectivity index (χ4v) is 7.41. The molecule has 0 fully saturated rings. The SMILES string of the molecule is CC(C)(C)c1ccc2c(c1)c1cc3ccc1n2-c1ncc(-c2ccccc2)cc1-c1nc(-c2ccccc2)nc(n1)-c1ccccc1C3(C)C. The van der Waals surface area contributed by atoms with Gasteiger partial charge in [0.1, 0.15) is 5.82 Å². The lowest BCUT2D eigenvalue weighted by Gasteiger charge is -2.28. The van der Waals surface area contributed by atoms with Gasteiger partial charge in [0, 0.05) is 39.1 Å². The Hall–Kier alpha value is -5.94. The molecule has 0 unspecified atom stereocenters. The molecule has 2 aliphatic rings. The molecule has 0 atom stereocenters. The van der Waals surface area contributed by atoms with Gasteiger partial charge in [0.2, 0.25) is 0 Å². The van der Waals surface area contributed by atoms with Crippen LogP contribution in [-0.4, -0.2) is 24.5 Å². The highest BCUT2D eigenvalue weighted by atomic mass is 15.1. The van der Waals surface area contributed by atoms with E-state index in [1.165, 1.54) is 21.9 Å². The Labute approximate surface area is 292 Å². The van der Waals surface area contributed by atoms with Crippen LogP contribution in [0.15, 0.2) is 134 Å². The van der Waals surface area contributed by atoms with E-state index >= 15 is 0 Å². The van der Waals surface area contributed by atoms with Crippen molar-refractivity contribution in [1.82, 2.24) is 24.5 Å². The van der Waals surface area contributed by atoms with Crippen molar-refractivity contribution < 1.29 is 0 Å². The van der Waals surface area contributed by atoms with E-state index in [9.17, 15) is 0 Å². The van der Waals surface area contributed by atoms with Gasteiger partial charge < -0.3 is 0 Å². The molecule has 2 aliphatic heterocycles. The Balaban J connectivity index is 1.47. The van der Waals surface area contributed by atoms with Gasteiger partial charge in [-0.2, -0.15) is 0 Å². The standard InChI is InChI=1S/C45H37N5/c1-44(2,3)31-20-22-38-34(25-31)35-26-32-21-23-39(35)50(38)43-36(24-30(27-46-43)28-14-8-6-9-15-28)42-48-40(29-16-10-7-11-17-29)47-41(49-42)33-18-12-13-19-37(33)45(32,4)5/h6-27H,1-5H3. The zero-order chi connectivity index (χ0) is 34.2. The van der Waals surface area contributed by atoms with E-state index in [4.69, 9.17) is 19.9 Å². The van der Waals surface area contributed by atoms with E-state index in [2.05, 4.69) is 142 Å². The Morgan fingerprint density at radius 2 is 1.14 bits per heavy atom. The molecule has 0 radical (unpaired) electrons. The Morgan fingerprint density at radius 3 is 1.86 bits per heavy atom. The molecule has 8 aromatic rings. The first kappa shape index (κ1) is 30.1. The molecule has 0 saturated carbocycles. The number of hydrogen-bond donors (Lipinski definition) is 0. The zero-order valence-electron chi connectivity index (χ0n) is 28.9. The second kappa shape index (κ2) is 11.0. The minimum absolute atomic E-state index is 0.00483. The molecule has 0 amide bonds. The van der Waals surface area contributed by atoms with Crippen molar-refractivity contribution >= 4 is 21.8 Å². The van der Waals surface area contributed by atoms with Crippen molar-refractivity contribution in [2.24, 2.45) is 0 Å². The van der Waals surface area contributed by atoms with Crippen molar-refractivity contribution in [3.8, 4) is 51.1 Å². The Kier molecular flexibility index (Phi) is 6.66. The van der Waals surface area contributed by atoms with Crippen molar-refractivity contribution in [3.05, 3.63) is 150 Å². The molecular weight excluding hydrogens is 611 g/mol. The maximum absolute atomic E-state index is 5.32. The van der Waals surface area contributed by atoms with Crippen molar-refractivity contribution in [3.63, 3.8) is 0 Å². The number of benzene rings is 5. The lowest BCUT2D eigenvalue weighted by atomic mass is 9.75. The van der Waals surface area contributed by atoms with Gasteiger partial charge in [0.25, 0.3) is 0 Å². The molecule has 10 rings (SSSR count). The average molecular weight is 648 g/mol. The highest BCUT2D eigenvalue weighted by molar-refractivity contribution is 6.10. The molecule has 242 valence electrons. The van der Waals surface area contributed by atoms with Crippen LogP contribution in [0.3, 0.4) is 0 Å². The summed E-state index contributed by atoms with van der Waals surface area (Å²) in [5.41, 5.74) is 10.3. The summed E-state index contributed by atoms with van der Waals surface area (Å²) >= 11 is 0. The van der Waals surface area contributed by atoms with Crippen molar-refractivity contribution in [1.29, 1.82) is 0 Å². The van der Waals surface area contributed by atoms with E-state index < -0.39 is 0 Å². The molecule has 6 bridgehead atoms. The molecule has 0 spiro atoms. The molecule has 50 heavy (non-hydrogen) atoms. The van der Waals surface area contributed by atoms with Crippen LogP contribution in [0.2, 0.25) is 0 Å². The quantitative estimate of drug-likeness (QED) is 0.187. The van der Waals surface area contributed by atoms with E-state index in [-0.39, 0.29) is 10.8 Å². The fourth-order valence-electron chi connectivity index (χ4n) is 7.41. The summed E-state index contributed by atoms with van der Waals surface area (Å²) in [6.45, 7) is 11.4. The van der Waals surface area contributed by atoms with Crippen LogP contribution in [0, 0.1) is 0 Å². The lowest BCUT2D eigenvalue weighted by molar-refractivity contribution is 0.591. The minimum Gasteiger partial charge on any atom is -0.293 e. The molecule has 0 aliphatic carbocycles. The van der Waals surface area contributed by atoms with Crippen LogP contribution < -0.4 is 0 Å². The predicted octanol–water partition coefficient (Wildman–Crippen LogP) is 11.0. The van der Waals surface area contributed by atoms with Crippen LogP contribution in [-0.2, 0) is 10.8 Å². The van der Waals surface area contributed by atoms with E-state index in [1.807, 2.05) is 30.5 Å². The lowest BCUT2D eigenvalue weighted by Crippen LogP contribution is -2.20. The third kappa shape index (κ3) is 4.76. The average Bonchev–Trinajstić information content (AvgIpc) is 3.47. The Morgan fingerprint density at radius 1 is 0.540 bits per heavy atom. The molecule has 0 N–H and O–H groups in total. The van der Waals surface area contributed by atoms with Gasteiger partial charge in [-0.05, 0) is 58.0 Å². The molecule has 5 heteroatoms. The van der Waals surface area contributed by atoms with Gasteiger partial charge in [-0.15, -0.1) is 0 Å². The van der Waals surface area contributed by atoms with Gasteiger partial charge in [-0.25, -0.2) is 19.9 Å². The van der Waals surface area contributed by atoms with Gasteiger partial charge >= 0.3 is 0 Å². The number of fused-ring (bicyclic) bond motifs is 2. The zero-order valence-corrected chi connectivity index (χ0v) is 28.9. The second-order valence-corrected chi connectivity index (χ2v) is 14.9. The number of hydrogen-bond acceptors (Lipinski definition) is 4. The van der Waals surface area contributed by atoms with Crippen LogP contribution in [0.25, 0.3) is 72.9 Å². The van der Waals surface area contributed by atoms with Crippen molar-refractivity contribution in [2.75, 3.05) is 0 Å². The molecule has 3 aromatic heterocycles. The van der Waals surface area contributed by atoms with Crippen LogP contribution in [0.1, 0.15) is 51.3 Å². The molecule has 5 nitrogen and oxygen atoms in total. The maximum Gasteiger partial charge on any atom is 0.167 e. The Bertz CT molecular complexity index is 2590. The largest absolute Gasteiger partial charge is 0.293 e. The van der Waals surface area contributed by atoms with Crippen LogP contribution >= 0.6 is 0 Å². The van der Waals surface area contributed by atoms with Crippen LogP contribution in [0.4, 0.5) is 0 Å². The number of aromatic nitrogens is 5. The first-order valence-corrected chi connectivity index (χ1v) is 17.2. The monoisotopic (exact) mass is 647 g/mol. The maximum atomic E-state index is 5.32. The predicted molar refractivity (Wildman–Crippen MR) is 205 cm³/mol. The smallest absolute Gasteiger partial charge is 0.167 e. The molecule has 5 heterocycles. The summed E-state index contributed by atoms with van der Waals surface area (Å²) in [6, 6.07) is 45.1. The van der Waals surface area contributed by atoms with Gasteiger partial charge in [0.15, 0.2) is 17.5 Å². The molecule has 5 aromatic carbocycles. The van der Waals surface area contributed by atoms with E-state index in [0.717, 1.165) is 50.2 Å². The normalized spacial score (nSPS) is 13.5. The summed E-state index contributed by atoms with van der Waals surface area (Å²) < 4.78 is 2.30. The van der Waals surface area contributed by atoms with Gasteiger partial charge in [-0.3, -0.25) is 4.57 Å². The highest BCUT2D eigenvalue weighted by Crippen LogP contribution is 2.43. The van der Waals surface area contributed by atoms with E-state index in [1.54, 1.807) is 0 Å². The number of pyridine rings is 1. The number of nitrogens with zero attached hydrogens (tertiary/aromatic N) is 5. The van der Waals surface area contributed by atoms with Crippen molar-refractivity contribution in [2.45, 2.75) is 45.4 Å². The number of rotatable bonds is 2. The third-order valence-electron chi connectivity index (χ3n) is 10.3. The second-order valence-electron chi connectivity index (χ2n) is 14.9. The summed E-state index contributed by atoms with van der Waals surface area (Å²) in [5, 5.41) is 2.40.